The van der Waals surface area contributed by atoms with Crippen LogP contribution in [0.2, 0.25) is 0 Å². The van der Waals surface area contributed by atoms with Gasteiger partial charge in [0.05, 0.1) is 25.5 Å². The molecule has 0 unspecified atom stereocenters. The highest BCUT2D eigenvalue weighted by molar-refractivity contribution is 14.0. The summed E-state index contributed by atoms with van der Waals surface area (Å²) < 4.78 is 5.38. The van der Waals surface area contributed by atoms with Gasteiger partial charge < -0.3 is 15.4 Å². The Hall–Kier alpha value is -1.23. The number of halogens is 1. The first-order valence-corrected chi connectivity index (χ1v) is 10.0. The molecule has 1 aromatic heterocycles. The lowest BCUT2D eigenvalue weighted by Crippen LogP contribution is -2.44. The predicted molar refractivity (Wildman–Crippen MR) is 123 cm³/mol. The van der Waals surface area contributed by atoms with Crippen LogP contribution in [-0.2, 0) is 11.3 Å². The summed E-state index contributed by atoms with van der Waals surface area (Å²) in [5.74, 6) is 0.845. The Morgan fingerprint density at radius 3 is 2.74 bits per heavy atom. The second-order valence-electron chi connectivity index (χ2n) is 6.07. The summed E-state index contributed by atoms with van der Waals surface area (Å²) in [6.45, 7) is 9.08. The van der Waals surface area contributed by atoms with Crippen LogP contribution in [-0.4, -0.2) is 61.8 Å². The van der Waals surface area contributed by atoms with Gasteiger partial charge in [-0.05, 0) is 6.92 Å². The van der Waals surface area contributed by atoms with Gasteiger partial charge in [-0.1, -0.05) is 30.3 Å². The van der Waals surface area contributed by atoms with Crippen LogP contribution < -0.4 is 10.6 Å². The SMILES string of the molecule is CCNC(=NCc1nc(-c2ccccc2)cs1)NCCN1CCOCC1.I. The van der Waals surface area contributed by atoms with Crippen molar-refractivity contribution in [1.82, 2.24) is 20.5 Å². The van der Waals surface area contributed by atoms with E-state index >= 15 is 0 Å². The third kappa shape index (κ3) is 7.36. The standard InChI is InChI=1S/C19H27N5OS.HI/c1-2-20-19(21-8-9-24-10-12-25-13-11-24)22-14-18-23-17(15-26-18)16-6-4-3-5-7-16;/h3-7,15H,2,8-14H2,1H3,(H2,20,21,22);1H. The Morgan fingerprint density at radius 2 is 2.00 bits per heavy atom. The molecule has 1 saturated heterocycles. The average Bonchev–Trinajstić information content (AvgIpc) is 3.17. The fraction of sp³-hybridized carbons (Fsp3) is 0.474. The predicted octanol–water partition coefficient (Wildman–Crippen LogP) is 2.82. The van der Waals surface area contributed by atoms with Crippen molar-refractivity contribution in [1.29, 1.82) is 0 Å². The van der Waals surface area contributed by atoms with Crippen LogP contribution in [0.15, 0.2) is 40.7 Å². The van der Waals surface area contributed by atoms with Crippen molar-refractivity contribution in [3.05, 3.63) is 40.7 Å². The van der Waals surface area contributed by atoms with Crippen molar-refractivity contribution in [2.75, 3.05) is 45.9 Å². The molecule has 2 N–H and O–H groups in total. The monoisotopic (exact) mass is 501 g/mol. The van der Waals surface area contributed by atoms with E-state index in [2.05, 4.69) is 45.0 Å². The molecule has 2 aromatic rings. The van der Waals surface area contributed by atoms with E-state index in [0.29, 0.717) is 6.54 Å². The summed E-state index contributed by atoms with van der Waals surface area (Å²) >= 11 is 1.66. The molecule has 1 fully saturated rings. The average molecular weight is 501 g/mol. The van der Waals surface area contributed by atoms with Crippen molar-refractivity contribution in [3.63, 3.8) is 0 Å². The van der Waals surface area contributed by atoms with E-state index in [1.807, 2.05) is 18.2 Å². The smallest absolute Gasteiger partial charge is 0.191 e. The van der Waals surface area contributed by atoms with E-state index in [1.165, 1.54) is 0 Å². The van der Waals surface area contributed by atoms with Crippen LogP contribution in [0.1, 0.15) is 11.9 Å². The lowest BCUT2D eigenvalue weighted by atomic mass is 10.2. The summed E-state index contributed by atoms with van der Waals surface area (Å²) in [4.78, 5) is 11.8. The van der Waals surface area contributed by atoms with Gasteiger partial charge in [-0.2, -0.15) is 0 Å². The largest absolute Gasteiger partial charge is 0.379 e. The first-order valence-electron chi connectivity index (χ1n) is 9.17. The number of morpholine rings is 1. The minimum Gasteiger partial charge on any atom is -0.379 e. The Balaban J connectivity index is 0.00000261. The van der Waals surface area contributed by atoms with Gasteiger partial charge in [-0.15, -0.1) is 35.3 Å². The summed E-state index contributed by atoms with van der Waals surface area (Å²) in [5.41, 5.74) is 2.17. The van der Waals surface area contributed by atoms with Gasteiger partial charge >= 0.3 is 0 Å². The maximum Gasteiger partial charge on any atom is 0.191 e. The molecular weight excluding hydrogens is 473 g/mol. The van der Waals surface area contributed by atoms with Crippen molar-refractivity contribution in [2.24, 2.45) is 4.99 Å². The number of ether oxygens (including phenoxy) is 1. The van der Waals surface area contributed by atoms with Gasteiger partial charge in [0.25, 0.3) is 0 Å². The fourth-order valence-corrected chi connectivity index (χ4v) is 3.50. The number of aliphatic imine (C=N–C) groups is 1. The minimum absolute atomic E-state index is 0. The lowest BCUT2D eigenvalue weighted by Gasteiger charge is -2.26. The van der Waals surface area contributed by atoms with Crippen molar-refractivity contribution >= 4 is 41.3 Å². The quantitative estimate of drug-likeness (QED) is 0.347. The second kappa shape index (κ2) is 12.3. The second-order valence-corrected chi connectivity index (χ2v) is 7.01. The highest BCUT2D eigenvalue weighted by atomic mass is 127. The maximum absolute atomic E-state index is 5.38. The molecule has 1 aliphatic heterocycles. The summed E-state index contributed by atoms with van der Waals surface area (Å²) in [7, 11) is 0. The number of thiazole rings is 1. The van der Waals surface area contributed by atoms with Crippen LogP contribution in [0.5, 0.6) is 0 Å². The van der Waals surface area contributed by atoms with Crippen LogP contribution in [0.3, 0.4) is 0 Å². The highest BCUT2D eigenvalue weighted by Crippen LogP contribution is 2.21. The van der Waals surface area contributed by atoms with E-state index in [0.717, 1.165) is 68.2 Å². The molecule has 1 aliphatic rings. The van der Waals surface area contributed by atoms with Crippen LogP contribution in [0, 0.1) is 0 Å². The van der Waals surface area contributed by atoms with Gasteiger partial charge in [-0.3, -0.25) is 4.90 Å². The number of nitrogens with one attached hydrogen (secondary N) is 2. The molecular formula is C19H28IN5OS. The molecule has 0 saturated carbocycles. The Bertz CT molecular complexity index is 688. The number of aromatic nitrogens is 1. The van der Waals surface area contributed by atoms with E-state index in [1.54, 1.807) is 11.3 Å². The van der Waals surface area contributed by atoms with Gasteiger partial charge in [0, 0.05) is 43.7 Å². The minimum atomic E-state index is 0. The molecule has 0 aliphatic carbocycles. The van der Waals surface area contributed by atoms with Gasteiger partial charge in [0.15, 0.2) is 5.96 Å². The summed E-state index contributed by atoms with van der Waals surface area (Å²) in [6, 6.07) is 10.3. The molecule has 8 heteroatoms. The van der Waals surface area contributed by atoms with E-state index in [9.17, 15) is 0 Å². The number of rotatable bonds is 7. The Morgan fingerprint density at radius 1 is 1.22 bits per heavy atom. The zero-order chi connectivity index (χ0) is 18.0. The van der Waals surface area contributed by atoms with Gasteiger partial charge in [0.1, 0.15) is 5.01 Å². The van der Waals surface area contributed by atoms with Crippen LogP contribution >= 0.6 is 35.3 Å². The Kier molecular flexibility index (Phi) is 10.0. The number of benzene rings is 1. The third-order valence-corrected chi connectivity index (χ3v) is 5.00. The first kappa shape index (κ1) is 22.1. The first-order chi connectivity index (χ1) is 12.8. The molecule has 0 spiro atoms. The molecule has 1 aromatic carbocycles. The summed E-state index contributed by atoms with van der Waals surface area (Å²) in [6.07, 6.45) is 0. The normalized spacial score (nSPS) is 15.2. The number of nitrogens with zero attached hydrogens (tertiary/aromatic N) is 3. The summed E-state index contributed by atoms with van der Waals surface area (Å²) in [5, 5.41) is 9.83. The number of hydrogen-bond acceptors (Lipinski definition) is 5. The highest BCUT2D eigenvalue weighted by Gasteiger charge is 2.10. The zero-order valence-corrected chi connectivity index (χ0v) is 18.8. The molecule has 0 radical (unpaired) electrons. The van der Waals surface area contributed by atoms with Crippen LogP contribution in [0.25, 0.3) is 11.3 Å². The van der Waals surface area contributed by atoms with Crippen molar-refractivity contribution in [3.8, 4) is 11.3 Å². The molecule has 2 heterocycles. The van der Waals surface area contributed by atoms with Gasteiger partial charge in [0.2, 0.25) is 0 Å². The third-order valence-electron chi connectivity index (χ3n) is 4.16. The zero-order valence-electron chi connectivity index (χ0n) is 15.7. The van der Waals surface area contributed by atoms with E-state index in [-0.39, 0.29) is 24.0 Å². The topological polar surface area (TPSA) is 61.8 Å². The molecule has 0 amide bonds. The molecule has 27 heavy (non-hydrogen) atoms. The maximum atomic E-state index is 5.38. The van der Waals surface area contributed by atoms with Gasteiger partial charge in [-0.25, -0.2) is 9.98 Å². The Labute approximate surface area is 182 Å². The van der Waals surface area contributed by atoms with E-state index in [4.69, 9.17) is 9.72 Å². The molecule has 6 nitrogen and oxygen atoms in total. The molecule has 148 valence electrons. The number of hydrogen-bond donors (Lipinski definition) is 2. The number of guanidine groups is 1. The van der Waals surface area contributed by atoms with Crippen LogP contribution in [0.4, 0.5) is 0 Å². The molecule has 0 atom stereocenters. The molecule has 0 bridgehead atoms. The molecule has 3 rings (SSSR count). The van der Waals surface area contributed by atoms with E-state index < -0.39 is 0 Å². The van der Waals surface area contributed by atoms with Crippen molar-refractivity contribution < 1.29 is 4.74 Å². The van der Waals surface area contributed by atoms with Crippen molar-refractivity contribution in [2.45, 2.75) is 13.5 Å². The fourth-order valence-electron chi connectivity index (χ4n) is 2.77. The lowest BCUT2D eigenvalue weighted by molar-refractivity contribution is 0.0389.